The second kappa shape index (κ2) is 40.5. The fraction of sp³-hybridized carbons (Fsp3) is 0.929. The van der Waals surface area contributed by atoms with Gasteiger partial charge in [0.1, 0.15) is 92.1 Å². The van der Waals surface area contributed by atoms with Gasteiger partial charge in [0, 0.05) is 12.8 Å². The molecule has 0 radical (unpaired) electrons. The normalized spacial score (nSPS) is 31.7. The number of phosphoric acid groups is 1. The molecule has 3 rings (SSSR count). The number of hydrogen-bond acceptors (Lipinski definition) is 22. The van der Waals surface area contributed by atoms with Gasteiger partial charge >= 0.3 is 19.8 Å². The molecule has 2 heterocycles. The number of ether oxygens (including phenoxy) is 6. The minimum atomic E-state index is -5.64. The highest BCUT2D eigenvalue weighted by Crippen LogP contribution is 2.49. The highest BCUT2D eigenvalue weighted by molar-refractivity contribution is 7.47. The second-order valence-electron chi connectivity index (χ2n) is 22.1. The molecule has 0 spiro atoms. The van der Waals surface area contributed by atoms with Gasteiger partial charge in [-0.3, -0.25) is 18.6 Å². The maximum Gasteiger partial charge on any atom is 0.472 e. The van der Waals surface area contributed by atoms with Crippen LogP contribution in [0.4, 0.5) is 0 Å². The molecular formula is C56H103O23P. The average Bonchev–Trinajstić information content (AvgIpc) is 3.62. The van der Waals surface area contributed by atoms with Crippen molar-refractivity contribution >= 4 is 19.8 Å². The smallest absolute Gasteiger partial charge is 0.462 e. The molecule has 0 bridgehead atoms. The summed E-state index contributed by atoms with van der Waals surface area (Å²) in [6.45, 7) is 3.30. The minimum absolute atomic E-state index is 0.0332. The summed E-state index contributed by atoms with van der Waals surface area (Å²) < 4.78 is 58.1. The summed E-state index contributed by atoms with van der Waals surface area (Å²) in [5.74, 6) is -0.663. The van der Waals surface area contributed by atoms with Gasteiger partial charge < -0.3 is 89.5 Å². The number of carbonyl (C=O) groups excluding carboxylic acids is 2. The molecule has 24 heteroatoms. The van der Waals surface area contributed by atoms with E-state index in [4.69, 9.17) is 37.5 Å². The molecule has 80 heavy (non-hydrogen) atoms. The SMILES string of the molecule is CCCCCCCC/C=C\CCCCCC(=O)OCC(COP(=O)(O)OC1C(OC2OC(CO)C(O)C(O)C2O)C(O)C(O)C(O)C1OC1OC(CO)C(O)C(O)C1O)OC(=O)CCCCCCCCC(C)CCCCCCCC. The summed E-state index contributed by atoms with van der Waals surface area (Å²) in [6.07, 6.45) is -3.67. The fourth-order valence-corrected chi connectivity index (χ4v) is 11.1. The lowest BCUT2D eigenvalue weighted by Crippen LogP contribution is -2.69. The number of carbonyl (C=O) groups is 2. The van der Waals surface area contributed by atoms with Crippen molar-refractivity contribution in [2.75, 3.05) is 26.4 Å². The van der Waals surface area contributed by atoms with Crippen LogP contribution in [0.3, 0.4) is 0 Å². The van der Waals surface area contributed by atoms with Gasteiger partial charge in [0.25, 0.3) is 0 Å². The number of unbranched alkanes of at least 4 members (excludes halogenated alkanes) is 19. The molecule has 3 fully saturated rings. The molecule has 1 aliphatic carbocycles. The third-order valence-corrected chi connectivity index (χ3v) is 16.2. The zero-order valence-corrected chi connectivity index (χ0v) is 48.7. The molecular weight excluding hydrogens is 1070 g/mol. The van der Waals surface area contributed by atoms with Crippen molar-refractivity contribution in [3.8, 4) is 0 Å². The van der Waals surface area contributed by atoms with Crippen LogP contribution < -0.4 is 0 Å². The molecule has 0 aromatic rings. The quantitative estimate of drug-likeness (QED) is 0.0176. The third-order valence-electron chi connectivity index (χ3n) is 15.2. The molecule has 12 N–H and O–H groups in total. The summed E-state index contributed by atoms with van der Waals surface area (Å²) in [4.78, 5) is 37.5. The summed E-state index contributed by atoms with van der Waals surface area (Å²) >= 11 is 0. The Labute approximate surface area is 473 Å². The topological polar surface area (TPSA) is 368 Å². The molecule has 0 amide bonds. The van der Waals surface area contributed by atoms with Gasteiger partial charge in [0.05, 0.1) is 19.8 Å². The number of phosphoric ester groups is 1. The van der Waals surface area contributed by atoms with Gasteiger partial charge in [0.2, 0.25) is 0 Å². The highest BCUT2D eigenvalue weighted by Gasteiger charge is 2.58. The van der Waals surface area contributed by atoms with E-state index >= 15 is 0 Å². The van der Waals surface area contributed by atoms with E-state index in [1.165, 1.54) is 83.5 Å². The molecule has 17 atom stereocenters. The van der Waals surface area contributed by atoms with E-state index in [1.54, 1.807) is 0 Å². The first-order valence-electron chi connectivity index (χ1n) is 29.9. The zero-order chi connectivity index (χ0) is 59.0. The zero-order valence-electron chi connectivity index (χ0n) is 47.8. The summed E-state index contributed by atoms with van der Waals surface area (Å²) in [7, 11) is -5.64. The molecule has 470 valence electrons. The number of hydrogen-bond donors (Lipinski definition) is 12. The van der Waals surface area contributed by atoms with Crippen LogP contribution in [-0.2, 0) is 51.6 Å². The lowest BCUT2D eigenvalue weighted by atomic mass is 9.84. The van der Waals surface area contributed by atoms with Crippen molar-refractivity contribution in [3.63, 3.8) is 0 Å². The Bertz CT molecular complexity index is 1660. The molecule has 17 unspecified atom stereocenters. The van der Waals surface area contributed by atoms with Crippen LogP contribution in [0.5, 0.6) is 0 Å². The van der Waals surface area contributed by atoms with E-state index < -0.39 is 150 Å². The Morgan fingerprint density at radius 2 is 0.900 bits per heavy atom. The van der Waals surface area contributed by atoms with Gasteiger partial charge in [-0.1, -0.05) is 155 Å². The largest absolute Gasteiger partial charge is 0.472 e. The maximum atomic E-state index is 14.0. The molecule has 0 aromatic heterocycles. The van der Waals surface area contributed by atoms with E-state index in [-0.39, 0.29) is 12.8 Å². The third kappa shape index (κ3) is 26.2. The summed E-state index contributed by atoms with van der Waals surface area (Å²) in [6, 6.07) is 0. The first-order chi connectivity index (χ1) is 38.3. The van der Waals surface area contributed by atoms with E-state index in [2.05, 4.69) is 32.9 Å². The first kappa shape index (κ1) is 72.4. The lowest BCUT2D eigenvalue weighted by Gasteiger charge is -2.49. The monoisotopic (exact) mass is 1170 g/mol. The molecule has 3 aliphatic rings. The summed E-state index contributed by atoms with van der Waals surface area (Å²) in [5.41, 5.74) is 0. The molecule has 2 aliphatic heterocycles. The van der Waals surface area contributed by atoms with Crippen LogP contribution in [0.25, 0.3) is 0 Å². The van der Waals surface area contributed by atoms with E-state index in [9.17, 15) is 75.2 Å². The van der Waals surface area contributed by atoms with Crippen LogP contribution in [0.2, 0.25) is 0 Å². The second-order valence-corrected chi connectivity index (χ2v) is 23.6. The molecule has 1 saturated carbocycles. The van der Waals surface area contributed by atoms with Crippen LogP contribution >= 0.6 is 7.82 Å². The Balaban J connectivity index is 1.71. The molecule has 0 aromatic carbocycles. The van der Waals surface area contributed by atoms with Gasteiger partial charge in [0.15, 0.2) is 18.7 Å². The predicted octanol–water partition coefficient (Wildman–Crippen LogP) is 4.17. The number of aliphatic hydroxyl groups excluding tert-OH is 11. The fourth-order valence-electron chi connectivity index (χ4n) is 10.1. The first-order valence-corrected chi connectivity index (χ1v) is 31.4. The van der Waals surface area contributed by atoms with Crippen molar-refractivity contribution in [3.05, 3.63) is 12.2 Å². The van der Waals surface area contributed by atoms with Crippen molar-refractivity contribution in [2.45, 2.75) is 298 Å². The van der Waals surface area contributed by atoms with Crippen LogP contribution in [0, 0.1) is 5.92 Å². The van der Waals surface area contributed by atoms with E-state index in [0.717, 1.165) is 64.2 Å². The Kier molecular flexibility index (Phi) is 36.7. The molecule has 2 saturated heterocycles. The Morgan fingerprint density at radius 3 is 1.36 bits per heavy atom. The van der Waals surface area contributed by atoms with Gasteiger partial charge in [-0.15, -0.1) is 0 Å². The van der Waals surface area contributed by atoms with Gasteiger partial charge in [-0.2, -0.15) is 0 Å². The maximum absolute atomic E-state index is 14.0. The number of allylic oxidation sites excluding steroid dienone is 2. The van der Waals surface area contributed by atoms with Crippen LogP contribution in [0.1, 0.15) is 194 Å². The van der Waals surface area contributed by atoms with Crippen molar-refractivity contribution < 1.29 is 113 Å². The predicted molar refractivity (Wildman–Crippen MR) is 291 cm³/mol. The van der Waals surface area contributed by atoms with Crippen molar-refractivity contribution in [1.82, 2.24) is 0 Å². The van der Waals surface area contributed by atoms with Gasteiger partial charge in [-0.25, -0.2) is 4.57 Å². The Hall–Kier alpha value is -1.81. The van der Waals surface area contributed by atoms with Crippen molar-refractivity contribution in [1.29, 1.82) is 0 Å². The van der Waals surface area contributed by atoms with Gasteiger partial charge in [-0.05, 0) is 44.4 Å². The summed E-state index contributed by atoms with van der Waals surface area (Å²) in [5, 5.41) is 117. The number of rotatable bonds is 43. The average molecular weight is 1180 g/mol. The number of aliphatic hydroxyl groups is 11. The van der Waals surface area contributed by atoms with Crippen LogP contribution in [-0.4, -0.2) is 204 Å². The lowest BCUT2D eigenvalue weighted by molar-refractivity contribution is -0.360. The van der Waals surface area contributed by atoms with Crippen LogP contribution in [0.15, 0.2) is 12.2 Å². The Morgan fingerprint density at radius 1 is 0.500 bits per heavy atom. The standard InChI is InChI=1S/C56H103O23P/c1-4-6-8-10-12-13-14-15-16-17-18-23-27-31-41(59)72-35-38(74-42(60)32-28-24-20-19-22-26-30-37(3)29-25-21-11-9-7-5-2)36-73-80(70,71)79-54-52(77-55-50(68)45(63)43(61)39(33-57)75-55)48(66)47(65)49(67)53(54)78-56-51(69)46(64)44(62)40(34-58)76-56/h15-16,37-40,43-58,61-69H,4-14,17-36H2,1-3H3,(H,70,71)/b16-15-. The van der Waals surface area contributed by atoms with Crippen molar-refractivity contribution in [2.24, 2.45) is 5.92 Å². The highest BCUT2D eigenvalue weighted by atomic mass is 31.2. The van der Waals surface area contributed by atoms with E-state index in [1.807, 2.05) is 0 Å². The number of esters is 2. The minimum Gasteiger partial charge on any atom is -0.462 e. The van der Waals surface area contributed by atoms with E-state index in [0.29, 0.717) is 18.8 Å². The molecule has 23 nitrogen and oxygen atoms in total.